The maximum absolute atomic E-state index is 11.6. The molecule has 0 aromatic heterocycles. The minimum absolute atomic E-state index is 0.0285. The van der Waals surface area contributed by atoms with Gasteiger partial charge in [0.25, 0.3) is 0 Å². The quantitative estimate of drug-likeness (QED) is 0.0502. The molecule has 44 heavy (non-hydrogen) atoms. The van der Waals surface area contributed by atoms with Crippen LogP contribution in [0.4, 0.5) is 0 Å². The van der Waals surface area contributed by atoms with Crippen molar-refractivity contribution in [1.29, 1.82) is 0 Å². The van der Waals surface area contributed by atoms with Crippen molar-refractivity contribution in [1.82, 2.24) is 21.3 Å². The van der Waals surface area contributed by atoms with Crippen molar-refractivity contribution >= 4 is 23.4 Å². The van der Waals surface area contributed by atoms with Crippen LogP contribution < -0.4 is 21.3 Å². The molecule has 8 nitrogen and oxygen atoms in total. The first-order chi connectivity index (χ1) is 20.9. The average molecular weight is 621 g/mol. The second-order valence-electron chi connectivity index (χ2n) is 12.7. The Labute approximate surface area is 270 Å². The number of unbranched alkanes of at least 4 members (excludes halogenated alkanes) is 6. The predicted octanol–water partition coefficient (Wildman–Crippen LogP) is 6.45. The minimum Gasteiger partial charge on any atom is -0.356 e. The maximum Gasteiger partial charge on any atom is 0.223 e. The third-order valence-corrected chi connectivity index (χ3v) is 6.78. The molecule has 0 saturated carbocycles. The first-order valence-electron chi connectivity index (χ1n) is 17.2. The fraction of sp³-hybridized carbons (Fsp3) is 0.778. The lowest BCUT2D eigenvalue weighted by molar-refractivity contribution is -0.121. The van der Waals surface area contributed by atoms with Crippen LogP contribution in [0.5, 0.6) is 0 Å². The lowest BCUT2D eigenvalue weighted by atomic mass is 10.1. The van der Waals surface area contributed by atoms with E-state index in [1.54, 1.807) is 24.3 Å². The van der Waals surface area contributed by atoms with E-state index in [0.717, 1.165) is 51.9 Å². The van der Waals surface area contributed by atoms with Gasteiger partial charge in [0, 0.05) is 56.3 Å². The summed E-state index contributed by atoms with van der Waals surface area (Å²) in [5.41, 5.74) is 0. The first-order valence-corrected chi connectivity index (χ1v) is 17.2. The molecule has 0 fully saturated rings. The fourth-order valence-corrected chi connectivity index (χ4v) is 3.84. The van der Waals surface area contributed by atoms with E-state index in [-0.39, 0.29) is 35.2 Å². The summed E-state index contributed by atoms with van der Waals surface area (Å²) in [4.78, 5) is 45.9. The molecule has 4 N–H and O–H groups in total. The Morgan fingerprint density at radius 2 is 0.977 bits per heavy atom. The molecule has 8 heteroatoms. The molecule has 0 radical (unpaired) electrons. The third kappa shape index (κ3) is 34.2. The van der Waals surface area contributed by atoms with E-state index < -0.39 is 0 Å². The number of nitrogens with one attached hydrogen (secondary N) is 4. The number of amides is 2. The normalized spacial score (nSPS) is 11.5. The van der Waals surface area contributed by atoms with Gasteiger partial charge in [-0.25, -0.2) is 0 Å². The number of hydrogen-bond donors (Lipinski definition) is 4. The third-order valence-electron chi connectivity index (χ3n) is 6.78. The van der Waals surface area contributed by atoms with Crippen LogP contribution in [-0.4, -0.2) is 61.6 Å². The number of ketones is 2. The van der Waals surface area contributed by atoms with E-state index in [1.807, 2.05) is 27.7 Å². The van der Waals surface area contributed by atoms with Crippen LogP contribution >= 0.6 is 0 Å². The highest BCUT2D eigenvalue weighted by Gasteiger charge is 2.04. The summed E-state index contributed by atoms with van der Waals surface area (Å²) in [6.07, 6.45) is 18.0. The van der Waals surface area contributed by atoms with E-state index in [2.05, 4.69) is 49.0 Å². The van der Waals surface area contributed by atoms with E-state index in [4.69, 9.17) is 0 Å². The molecule has 0 bridgehead atoms. The van der Waals surface area contributed by atoms with Crippen LogP contribution in [-0.2, 0) is 19.2 Å². The zero-order chi connectivity index (χ0) is 33.6. The molecule has 0 heterocycles. The second-order valence-corrected chi connectivity index (χ2v) is 12.7. The van der Waals surface area contributed by atoms with Crippen LogP contribution in [0.15, 0.2) is 24.3 Å². The van der Waals surface area contributed by atoms with Crippen molar-refractivity contribution in [2.24, 2.45) is 11.8 Å². The van der Waals surface area contributed by atoms with Crippen LogP contribution in [0, 0.1) is 11.8 Å². The summed E-state index contributed by atoms with van der Waals surface area (Å²) >= 11 is 0. The van der Waals surface area contributed by atoms with Crippen molar-refractivity contribution in [2.45, 2.75) is 145 Å². The zero-order valence-corrected chi connectivity index (χ0v) is 29.6. The second kappa shape index (κ2) is 30.7. The Morgan fingerprint density at radius 1 is 0.523 bits per heavy atom. The minimum atomic E-state index is 0.0285. The Bertz CT molecular complexity index is 804. The van der Waals surface area contributed by atoms with Gasteiger partial charge in [0.15, 0.2) is 5.78 Å². The van der Waals surface area contributed by atoms with E-state index in [1.165, 1.54) is 25.7 Å². The van der Waals surface area contributed by atoms with E-state index in [9.17, 15) is 19.2 Å². The number of carbonyl (C=O) groups is 4. The monoisotopic (exact) mass is 621 g/mol. The molecule has 0 spiro atoms. The molecule has 0 aliphatic carbocycles. The van der Waals surface area contributed by atoms with Gasteiger partial charge in [-0.1, -0.05) is 99.3 Å². The van der Waals surface area contributed by atoms with Crippen LogP contribution in [0.1, 0.15) is 132 Å². The standard InChI is InChI=1S/2C18H34N2O2/c2*1-15(2)17(21)11-7-8-12-18(22)20-14-10-6-5-9-13-19-16(3)4/h7,11,15-16,19H,5-6,8-10,12-14H2,1-4H3,(H,20,22);7-8,15-16,19H,5-6,9-14H2,1-4H3,(H,20,22). The molecule has 0 atom stereocenters. The Morgan fingerprint density at radius 3 is 1.43 bits per heavy atom. The van der Waals surface area contributed by atoms with Crippen molar-refractivity contribution in [3.05, 3.63) is 24.3 Å². The summed E-state index contributed by atoms with van der Waals surface area (Å²) in [7, 11) is 0. The number of hydrogen-bond acceptors (Lipinski definition) is 6. The lowest BCUT2D eigenvalue weighted by Gasteiger charge is -2.07. The fourth-order valence-electron chi connectivity index (χ4n) is 3.84. The average Bonchev–Trinajstić information content (AvgIpc) is 2.95. The van der Waals surface area contributed by atoms with E-state index >= 15 is 0 Å². The molecule has 0 aromatic rings. The van der Waals surface area contributed by atoms with Crippen molar-refractivity contribution in [3.8, 4) is 0 Å². The Kier molecular flexibility index (Phi) is 30.6. The van der Waals surface area contributed by atoms with Gasteiger partial charge in [-0.2, -0.15) is 0 Å². The van der Waals surface area contributed by atoms with Crippen LogP contribution in [0.2, 0.25) is 0 Å². The molecular weight excluding hydrogens is 552 g/mol. The highest BCUT2D eigenvalue weighted by Crippen LogP contribution is 2.02. The molecule has 0 saturated heterocycles. The summed E-state index contributed by atoms with van der Waals surface area (Å²) < 4.78 is 0. The maximum atomic E-state index is 11.6. The summed E-state index contributed by atoms with van der Waals surface area (Å²) in [5, 5.41) is 12.6. The zero-order valence-electron chi connectivity index (χ0n) is 29.6. The van der Waals surface area contributed by atoms with Crippen LogP contribution in [0.25, 0.3) is 0 Å². The number of rotatable bonds is 26. The van der Waals surface area contributed by atoms with E-state index in [0.29, 0.717) is 37.8 Å². The van der Waals surface area contributed by atoms with Gasteiger partial charge in [-0.05, 0) is 51.3 Å². The lowest BCUT2D eigenvalue weighted by Crippen LogP contribution is -2.24. The Balaban J connectivity index is 0. The highest BCUT2D eigenvalue weighted by atomic mass is 16.2. The van der Waals surface area contributed by atoms with Gasteiger partial charge in [-0.15, -0.1) is 0 Å². The van der Waals surface area contributed by atoms with Gasteiger partial charge in [-0.3, -0.25) is 19.2 Å². The predicted molar refractivity (Wildman–Crippen MR) is 186 cm³/mol. The largest absolute Gasteiger partial charge is 0.356 e. The number of Topliss-reactive ketones (excluding diaryl/α,β-unsaturated/α-hetero) is 1. The topological polar surface area (TPSA) is 116 Å². The van der Waals surface area contributed by atoms with Crippen molar-refractivity contribution in [2.75, 3.05) is 26.2 Å². The SMILES string of the molecule is CC(C)NCCCCCCNC(=O)CC=CCC(=O)C(C)C.CC(C)NCCCCCCNC(=O)CCC=CC(=O)C(C)C. The molecule has 0 rings (SSSR count). The molecule has 0 unspecified atom stereocenters. The molecule has 0 aliphatic heterocycles. The molecule has 0 aromatic carbocycles. The van der Waals surface area contributed by atoms with Crippen LogP contribution in [0.3, 0.4) is 0 Å². The summed E-state index contributed by atoms with van der Waals surface area (Å²) in [5.74, 6) is 0.531. The molecule has 0 aliphatic rings. The highest BCUT2D eigenvalue weighted by molar-refractivity contribution is 5.91. The molecule has 2 amide bonds. The van der Waals surface area contributed by atoms with Gasteiger partial charge in [0.1, 0.15) is 5.78 Å². The van der Waals surface area contributed by atoms with Gasteiger partial charge in [0.2, 0.25) is 11.8 Å². The number of allylic oxidation sites excluding steroid dienone is 3. The first kappa shape index (κ1) is 43.8. The smallest absolute Gasteiger partial charge is 0.223 e. The van der Waals surface area contributed by atoms with Gasteiger partial charge < -0.3 is 21.3 Å². The number of carbonyl (C=O) groups excluding carboxylic acids is 4. The van der Waals surface area contributed by atoms with Gasteiger partial charge in [0.05, 0.1) is 0 Å². The van der Waals surface area contributed by atoms with Crippen molar-refractivity contribution < 1.29 is 19.2 Å². The Hall–Kier alpha value is -2.32. The molecule has 256 valence electrons. The summed E-state index contributed by atoms with van der Waals surface area (Å²) in [6.45, 7) is 19.8. The summed E-state index contributed by atoms with van der Waals surface area (Å²) in [6, 6.07) is 1.12. The van der Waals surface area contributed by atoms with Gasteiger partial charge >= 0.3 is 0 Å². The van der Waals surface area contributed by atoms with Crippen molar-refractivity contribution in [3.63, 3.8) is 0 Å². The molecular formula is C36H68N4O4.